The molecule has 1 aliphatic heterocycles. The minimum Gasteiger partial charge on any atom is -0.408 e. The van der Waals surface area contributed by atoms with Crippen molar-refractivity contribution >= 4 is 11.1 Å². The lowest BCUT2D eigenvalue weighted by atomic mass is 9.59. The maximum Gasteiger partial charge on any atom is 0.417 e. The highest BCUT2D eigenvalue weighted by Crippen LogP contribution is 2.55. The van der Waals surface area contributed by atoms with Crippen LogP contribution in [0.4, 0.5) is 0 Å². The van der Waals surface area contributed by atoms with E-state index >= 15 is 0 Å². The van der Waals surface area contributed by atoms with Gasteiger partial charge in [0.1, 0.15) is 0 Å². The Labute approximate surface area is 124 Å². The largest absolute Gasteiger partial charge is 0.417 e. The molecule has 2 atom stereocenters. The van der Waals surface area contributed by atoms with Crippen molar-refractivity contribution < 1.29 is 4.42 Å². The molecular formula is C17H22N2O2. The van der Waals surface area contributed by atoms with Crippen LogP contribution in [0.3, 0.4) is 0 Å². The number of likely N-dealkylation sites (N-methyl/N-ethyl adjacent to an activating group) is 1. The second-order valence-electron chi connectivity index (χ2n) is 6.96. The fourth-order valence-corrected chi connectivity index (χ4v) is 4.80. The van der Waals surface area contributed by atoms with Crippen LogP contribution in [0.5, 0.6) is 0 Å². The van der Waals surface area contributed by atoms with Crippen molar-refractivity contribution in [1.82, 2.24) is 9.88 Å². The normalized spacial score (nSPS) is 33.4. The lowest BCUT2D eigenvalue weighted by Crippen LogP contribution is -2.54. The van der Waals surface area contributed by atoms with Gasteiger partial charge in [0.05, 0.1) is 5.52 Å². The molecule has 4 rings (SSSR count). The molecule has 2 aromatic rings. The summed E-state index contributed by atoms with van der Waals surface area (Å²) in [6, 6.07) is 6.28. The summed E-state index contributed by atoms with van der Waals surface area (Å²) in [5.41, 5.74) is 3.24. The van der Waals surface area contributed by atoms with Crippen molar-refractivity contribution in [2.45, 2.75) is 50.0 Å². The zero-order valence-electron chi connectivity index (χ0n) is 12.7. The molecule has 0 bridgehead atoms. The molecule has 1 aromatic heterocycles. The maximum absolute atomic E-state index is 11.4. The van der Waals surface area contributed by atoms with Crippen LogP contribution in [0.2, 0.25) is 0 Å². The quantitative estimate of drug-likeness (QED) is 0.876. The van der Waals surface area contributed by atoms with Gasteiger partial charge in [-0.1, -0.05) is 18.9 Å². The average molecular weight is 286 g/mol. The number of oxazole rings is 1. The number of nitrogens with zero attached hydrogens (tertiary/aromatic N) is 1. The lowest BCUT2D eigenvalue weighted by Gasteiger charge is -2.50. The number of hydrogen-bond acceptors (Lipinski definition) is 3. The Hall–Kier alpha value is -1.55. The number of hydrogen-bond donors (Lipinski definition) is 1. The number of H-pyrrole nitrogens is 1. The molecular weight excluding hydrogens is 264 g/mol. The van der Waals surface area contributed by atoms with E-state index in [1.165, 1.54) is 37.7 Å². The Bertz CT molecular complexity index is 743. The van der Waals surface area contributed by atoms with Crippen molar-refractivity contribution in [2.24, 2.45) is 0 Å². The first-order valence-corrected chi connectivity index (χ1v) is 7.90. The Kier molecular flexibility index (Phi) is 2.65. The third-order valence-corrected chi connectivity index (χ3v) is 6.24. The van der Waals surface area contributed by atoms with E-state index in [9.17, 15) is 4.79 Å². The van der Waals surface area contributed by atoms with Gasteiger partial charge in [-0.2, -0.15) is 0 Å². The van der Waals surface area contributed by atoms with Gasteiger partial charge in [-0.05, 0) is 57.5 Å². The molecule has 0 radical (unpaired) electrons. The van der Waals surface area contributed by atoms with Crippen LogP contribution in [-0.4, -0.2) is 29.0 Å². The van der Waals surface area contributed by atoms with E-state index in [2.05, 4.69) is 36.0 Å². The number of fused-ring (bicyclic) bond motifs is 2. The van der Waals surface area contributed by atoms with E-state index in [0.717, 1.165) is 12.1 Å². The highest BCUT2D eigenvalue weighted by Gasteiger charge is 2.56. The Balaban J connectivity index is 1.90. The highest BCUT2D eigenvalue weighted by molar-refractivity contribution is 5.73. The summed E-state index contributed by atoms with van der Waals surface area (Å²) in [5.74, 6) is -0.366. The maximum atomic E-state index is 11.4. The van der Waals surface area contributed by atoms with E-state index in [-0.39, 0.29) is 16.7 Å². The summed E-state index contributed by atoms with van der Waals surface area (Å²) in [4.78, 5) is 16.7. The minimum absolute atomic E-state index is 0.198. The highest BCUT2D eigenvalue weighted by atomic mass is 16.4. The van der Waals surface area contributed by atoms with Gasteiger partial charge in [-0.15, -0.1) is 0 Å². The number of aromatic nitrogens is 1. The summed E-state index contributed by atoms with van der Waals surface area (Å²) in [5, 5.41) is 0. The molecule has 1 saturated carbocycles. The molecule has 4 heteroatoms. The van der Waals surface area contributed by atoms with Gasteiger partial charge >= 0.3 is 5.76 Å². The topological polar surface area (TPSA) is 49.2 Å². The molecule has 1 saturated heterocycles. The molecule has 0 spiro atoms. The van der Waals surface area contributed by atoms with Crippen molar-refractivity contribution in [3.8, 4) is 0 Å². The van der Waals surface area contributed by atoms with E-state index in [0.29, 0.717) is 5.58 Å². The summed E-state index contributed by atoms with van der Waals surface area (Å²) in [7, 11) is 2.25. The lowest BCUT2D eigenvalue weighted by molar-refractivity contribution is 0.0770. The van der Waals surface area contributed by atoms with Gasteiger partial charge in [-0.3, -0.25) is 4.98 Å². The van der Waals surface area contributed by atoms with Crippen LogP contribution in [0, 0.1) is 0 Å². The number of benzene rings is 1. The standard InChI is InChI=1S/C17H22N2O2/c1-16-7-3-4-8-17(16,9-10-19(16)2)12-5-6-13-14(11-12)21-15(20)18-13/h5-6,11H,3-4,7-10H2,1-2H3,(H,18,20)/t16-,17-/m0/s1. The molecule has 2 heterocycles. The molecule has 1 aromatic carbocycles. The van der Waals surface area contributed by atoms with Crippen molar-refractivity contribution in [2.75, 3.05) is 13.6 Å². The number of likely N-dealkylation sites (tertiary alicyclic amines) is 1. The molecule has 0 unspecified atom stereocenters. The summed E-state index contributed by atoms with van der Waals surface area (Å²) < 4.78 is 5.28. The summed E-state index contributed by atoms with van der Waals surface area (Å²) in [6.45, 7) is 3.56. The zero-order valence-corrected chi connectivity index (χ0v) is 12.7. The molecule has 2 fully saturated rings. The predicted octanol–water partition coefficient (Wildman–Crippen LogP) is 3.03. The first-order chi connectivity index (χ1) is 10.1. The van der Waals surface area contributed by atoms with Crippen molar-refractivity contribution in [3.63, 3.8) is 0 Å². The number of aromatic amines is 1. The van der Waals surface area contributed by atoms with Crippen LogP contribution in [0.1, 0.15) is 44.6 Å². The smallest absolute Gasteiger partial charge is 0.408 e. The number of nitrogens with one attached hydrogen (secondary N) is 1. The predicted molar refractivity (Wildman–Crippen MR) is 82.6 cm³/mol. The minimum atomic E-state index is -0.366. The van der Waals surface area contributed by atoms with Crippen LogP contribution in [-0.2, 0) is 5.41 Å². The molecule has 0 amide bonds. The van der Waals surface area contributed by atoms with Gasteiger partial charge in [0, 0.05) is 11.0 Å². The first kappa shape index (κ1) is 13.1. The zero-order chi connectivity index (χ0) is 14.7. The third-order valence-electron chi connectivity index (χ3n) is 6.24. The summed E-state index contributed by atoms with van der Waals surface area (Å²) >= 11 is 0. The molecule has 112 valence electrons. The first-order valence-electron chi connectivity index (χ1n) is 7.90. The Morgan fingerprint density at radius 1 is 1.24 bits per heavy atom. The second-order valence-corrected chi connectivity index (χ2v) is 6.96. The van der Waals surface area contributed by atoms with E-state index in [1.807, 2.05) is 6.07 Å². The van der Waals surface area contributed by atoms with E-state index in [1.54, 1.807) is 0 Å². The summed E-state index contributed by atoms with van der Waals surface area (Å²) in [6.07, 6.45) is 6.27. The third kappa shape index (κ3) is 1.62. The fourth-order valence-electron chi connectivity index (χ4n) is 4.80. The van der Waals surface area contributed by atoms with Crippen LogP contribution >= 0.6 is 0 Å². The van der Waals surface area contributed by atoms with Gasteiger partial charge in [-0.25, -0.2) is 4.79 Å². The SMILES string of the molecule is CN1CC[C@]2(c3ccc4[nH]c(=O)oc4c3)CCCC[C@]12C. The van der Waals surface area contributed by atoms with Crippen LogP contribution in [0.15, 0.2) is 27.4 Å². The van der Waals surface area contributed by atoms with Crippen LogP contribution in [0.25, 0.3) is 11.1 Å². The molecule has 2 aliphatic rings. The van der Waals surface area contributed by atoms with Gasteiger partial charge in [0.15, 0.2) is 5.58 Å². The van der Waals surface area contributed by atoms with Crippen molar-refractivity contribution in [1.29, 1.82) is 0 Å². The molecule has 1 aliphatic carbocycles. The number of rotatable bonds is 1. The molecule has 21 heavy (non-hydrogen) atoms. The monoisotopic (exact) mass is 286 g/mol. The van der Waals surface area contributed by atoms with Crippen LogP contribution < -0.4 is 5.76 Å². The van der Waals surface area contributed by atoms with Gasteiger partial charge in [0.2, 0.25) is 0 Å². The fraction of sp³-hybridized carbons (Fsp3) is 0.588. The van der Waals surface area contributed by atoms with Gasteiger partial charge < -0.3 is 9.32 Å². The van der Waals surface area contributed by atoms with Crippen molar-refractivity contribution in [3.05, 3.63) is 34.3 Å². The second kappa shape index (κ2) is 4.23. The molecule has 1 N–H and O–H groups in total. The van der Waals surface area contributed by atoms with E-state index in [4.69, 9.17) is 4.42 Å². The van der Waals surface area contributed by atoms with Gasteiger partial charge in [0.25, 0.3) is 0 Å². The average Bonchev–Trinajstić information content (AvgIpc) is 2.97. The Morgan fingerprint density at radius 2 is 2.05 bits per heavy atom. The van der Waals surface area contributed by atoms with E-state index < -0.39 is 0 Å². The Morgan fingerprint density at radius 3 is 2.90 bits per heavy atom. The molecule has 4 nitrogen and oxygen atoms in total.